The van der Waals surface area contributed by atoms with E-state index in [1.165, 1.54) is 18.5 Å². The molecule has 2 aromatic heterocycles. The maximum atomic E-state index is 6.34. The number of likely N-dealkylation sites (tertiary alicyclic amines) is 1. The summed E-state index contributed by atoms with van der Waals surface area (Å²) in [6.07, 6.45) is 4.17. The van der Waals surface area contributed by atoms with Gasteiger partial charge in [-0.2, -0.15) is 5.10 Å². The highest BCUT2D eigenvalue weighted by Gasteiger charge is 2.46. The van der Waals surface area contributed by atoms with Gasteiger partial charge in [-0.1, -0.05) is 0 Å². The van der Waals surface area contributed by atoms with Gasteiger partial charge in [-0.3, -0.25) is 14.5 Å². The van der Waals surface area contributed by atoms with Gasteiger partial charge < -0.3 is 9.15 Å². The Kier molecular flexibility index (Phi) is 4.90. The summed E-state index contributed by atoms with van der Waals surface area (Å²) in [7, 11) is 4.19. The smallest absolute Gasteiger partial charge is 0.117 e. The number of ether oxygens (including phenoxy) is 1. The Morgan fingerprint density at radius 1 is 1.38 bits per heavy atom. The maximum Gasteiger partial charge on any atom is 0.117 e. The van der Waals surface area contributed by atoms with Gasteiger partial charge in [-0.25, -0.2) is 0 Å². The third kappa shape index (κ3) is 3.87. The maximum absolute atomic E-state index is 6.34. The van der Waals surface area contributed by atoms with E-state index in [0.717, 1.165) is 50.8 Å². The van der Waals surface area contributed by atoms with E-state index in [1.54, 1.807) is 6.26 Å². The number of nitrogens with zero attached hydrogens (tertiary/aromatic N) is 4. The zero-order valence-corrected chi connectivity index (χ0v) is 16.1. The molecule has 1 atom stereocenters. The molecule has 0 radical (unpaired) electrons. The van der Waals surface area contributed by atoms with E-state index in [2.05, 4.69) is 28.0 Å². The molecular weight excluding hydrogens is 328 g/mol. The average molecular weight is 358 g/mol. The lowest BCUT2D eigenvalue weighted by Crippen LogP contribution is -2.64. The number of rotatable bonds is 6. The van der Waals surface area contributed by atoms with Crippen molar-refractivity contribution in [2.75, 3.05) is 33.3 Å². The van der Waals surface area contributed by atoms with Crippen LogP contribution in [-0.4, -0.2) is 58.5 Å². The Hall–Kier alpha value is -1.63. The fourth-order valence-electron chi connectivity index (χ4n) is 4.41. The predicted molar refractivity (Wildman–Crippen MR) is 99.7 cm³/mol. The molecule has 4 rings (SSSR count). The van der Waals surface area contributed by atoms with Crippen molar-refractivity contribution in [3.63, 3.8) is 0 Å². The summed E-state index contributed by atoms with van der Waals surface area (Å²) in [5, 5.41) is 4.44. The van der Waals surface area contributed by atoms with Gasteiger partial charge in [0.1, 0.15) is 5.76 Å². The molecule has 0 unspecified atom stereocenters. The molecule has 0 bridgehead atoms. The molecule has 6 heteroatoms. The minimum atomic E-state index is 0.101. The number of furan rings is 1. The second kappa shape index (κ2) is 7.18. The molecule has 2 aromatic rings. The highest BCUT2D eigenvalue weighted by Crippen LogP contribution is 2.36. The van der Waals surface area contributed by atoms with E-state index in [1.807, 2.05) is 30.8 Å². The van der Waals surface area contributed by atoms with E-state index in [0.29, 0.717) is 5.92 Å². The van der Waals surface area contributed by atoms with Crippen LogP contribution < -0.4 is 0 Å². The molecule has 0 N–H and O–H groups in total. The third-order valence-corrected chi connectivity index (χ3v) is 5.72. The van der Waals surface area contributed by atoms with Crippen molar-refractivity contribution < 1.29 is 9.15 Å². The molecule has 26 heavy (non-hydrogen) atoms. The Bertz CT molecular complexity index is 708. The summed E-state index contributed by atoms with van der Waals surface area (Å²) in [4.78, 5) is 4.81. The van der Waals surface area contributed by atoms with Crippen LogP contribution >= 0.6 is 0 Å². The van der Waals surface area contributed by atoms with Crippen LogP contribution in [0.2, 0.25) is 0 Å². The van der Waals surface area contributed by atoms with E-state index >= 15 is 0 Å². The summed E-state index contributed by atoms with van der Waals surface area (Å²) in [5.74, 6) is 1.65. The first-order valence-corrected chi connectivity index (χ1v) is 9.58. The van der Waals surface area contributed by atoms with Crippen molar-refractivity contribution in [3.8, 4) is 0 Å². The molecule has 2 aliphatic rings. The van der Waals surface area contributed by atoms with Gasteiger partial charge in [0.05, 0.1) is 36.4 Å². The van der Waals surface area contributed by atoms with Gasteiger partial charge in [0, 0.05) is 33.2 Å². The van der Waals surface area contributed by atoms with Gasteiger partial charge in [0.25, 0.3) is 0 Å². The second-order valence-corrected chi connectivity index (χ2v) is 8.22. The van der Waals surface area contributed by atoms with Crippen LogP contribution in [0.3, 0.4) is 0 Å². The van der Waals surface area contributed by atoms with Crippen LogP contribution in [-0.2, 0) is 24.9 Å². The molecule has 0 saturated carbocycles. The van der Waals surface area contributed by atoms with Crippen LogP contribution in [0.25, 0.3) is 0 Å². The number of aromatic nitrogens is 2. The molecule has 2 fully saturated rings. The molecule has 1 spiro atoms. The highest BCUT2D eigenvalue weighted by atomic mass is 16.5. The summed E-state index contributed by atoms with van der Waals surface area (Å²) >= 11 is 0. The minimum absolute atomic E-state index is 0.101. The first-order chi connectivity index (χ1) is 12.5. The van der Waals surface area contributed by atoms with Gasteiger partial charge in [0.2, 0.25) is 0 Å². The van der Waals surface area contributed by atoms with Crippen LogP contribution in [0, 0.1) is 12.8 Å². The summed E-state index contributed by atoms with van der Waals surface area (Å²) < 4.78 is 13.8. The average Bonchev–Trinajstić information content (AvgIpc) is 3.17. The van der Waals surface area contributed by atoms with Crippen molar-refractivity contribution in [2.24, 2.45) is 13.0 Å². The van der Waals surface area contributed by atoms with E-state index in [4.69, 9.17) is 9.15 Å². The zero-order valence-electron chi connectivity index (χ0n) is 16.1. The molecule has 2 saturated heterocycles. The number of aryl methyl sites for hydroxylation is 2. The lowest BCUT2D eigenvalue weighted by molar-refractivity contribution is -0.183. The standard InChI is InChI=1S/C20H30N4O2/c1-16-9-18(23(3)21-16)11-24-14-20(15-24)7-6-17(13-26-20)10-22(2)12-19-5-4-8-25-19/h4-5,8-9,17H,6-7,10-15H2,1-3H3/t17-/m0/s1. The fraction of sp³-hybridized carbons (Fsp3) is 0.650. The Labute approximate surface area is 155 Å². The largest absolute Gasteiger partial charge is 0.468 e. The summed E-state index contributed by atoms with van der Waals surface area (Å²) in [6.45, 7) is 7.92. The Morgan fingerprint density at radius 3 is 2.85 bits per heavy atom. The van der Waals surface area contributed by atoms with Crippen LogP contribution in [0.4, 0.5) is 0 Å². The zero-order chi connectivity index (χ0) is 18.1. The van der Waals surface area contributed by atoms with Crippen molar-refractivity contribution in [1.29, 1.82) is 0 Å². The van der Waals surface area contributed by atoms with Gasteiger partial charge in [0.15, 0.2) is 0 Å². The van der Waals surface area contributed by atoms with Crippen molar-refractivity contribution in [1.82, 2.24) is 19.6 Å². The second-order valence-electron chi connectivity index (χ2n) is 8.22. The monoisotopic (exact) mass is 358 g/mol. The molecular formula is C20H30N4O2. The van der Waals surface area contributed by atoms with E-state index in [-0.39, 0.29) is 5.60 Å². The Morgan fingerprint density at radius 2 is 2.23 bits per heavy atom. The van der Waals surface area contributed by atoms with Gasteiger partial charge >= 0.3 is 0 Å². The SMILES string of the molecule is Cc1cc(CN2CC3(CC[C@@H](CN(C)Cc4ccco4)CO3)C2)n(C)n1. The molecule has 0 aromatic carbocycles. The first kappa shape index (κ1) is 17.8. The van der Waals surface area contributed by atoms with Crippen LogP contribution in [0.15, 0.2) is 28.9 Å². The summed E-state index contributed by atoms with van der Waals surface area (Å²) in [5.41, 5.74) is 2.47. The lowest BCUT2D eigenvalue weighted by atomic mass is 9.82. The summed E-state index contributed by atoms with van der Waals surface area (Å²) in [6, 6.07) is 6.17. The van der Waals surface area contributed by atoms with Crippen molar-refractivity contribution >= 4 is 0 Å². The molecule has 0 amide bonds. The lowest BCUT2D eigenvalue weighted by Gasteiger charge is -2.53. The van der Waals surface area contributed by atoms with Gasteiger partial charge in [-0.05, 0) is 50.9 Å². The fourth-order valence-corrected chi connectivity index (χ4v) is 4.41. The third-order valence-electron chi connectivity index (χ3n) is 5.72. The molecule has 6 nitrogen and oxygen atoms in total. The van der Waals surface area contributed by atoms with Gasteiger partial charge in [-0.15, -0.1) is 0 Å². The first-order valence-electron chi connectivity index (χ1n) is 9.58. The molecule has 2 aliphatic heterocycles. The van der Waals surface area contributed by atoms with Crippen LogP contribution in [0.1, 0.15) is 30.0 Å². The topological polar surface area (TPSA) is 46.7 Å². The van der Waals surface area contributed by atoms with Crippen molar-refractivity contribution in [3.05, 3.63) is 41.6 Å². The minimum Gasteiger partial charge on any atom is -0.468 e. The normalized spacial score (nSPS) is 22.8. The quantitative estimate of drug-likeness (QED) is 0.794. The molecule has 142 valence electrons. The molecule has 0 aliphatic carbocycles. The van der Waals surface area contributed by atoms with E-state index < -0.39 is 0 Å². The molecule has 4 heterocycles. The number of hydrogen-bond acceptors (Lipinski definition) is 5. The van der Waals surface area contributed by atoms with Crippen LogP contribution in [0.5, 0.6) is 0 Å². The number of hydrogen-bond donors (Lipinski definition) is 0. The Balaban J connectivity index is 1.20. The highest BCUT2D eigenvalue weighted by molar-refractivity contribution is 5.10. The van der Waals surface area contributed by atoms with E-state index in [9.17, 15) is 0 Å². The predicted octanol–water partition coefficient (Wildman–Crippen LogP) is 2.43. The van der Waals surface area contributed by atoms with Crippen molar-refractivity contribution in [2.45, 2.75) is 38.5 Å².